The molecule has 1 saturated heterocycles. The number of nitrogens with one attached hydrogen (secondary N) is 1. The zero-order valence-electron chi connectivity index (χ0n) is 15.2. The number of benzene rings is 1. The third kappa shape index (κ3) is 2.52. The van der Waals surface area contributed by atoms with Gasteiger partial charge in [0, 0.05) is 18.8 Å². The van der Waals surface area contributed by atoms with Crippen molar-refractivity contribution in [3.63, 3.8) is 0 Å². The van der Waals surface area contributed by atoms with Crippen LogP contribution >= 0.6 is 0 Å². The van der Waals surface area contributed by atoms with Gasteiger partial charge in [-0.2, -0.15) is 0 Å². The molecule has 0 unspecified atom stereocenters. The Hall–Kier alpha value is -2.62. The number of anilines is 1. The van der Waals surface area contributed by atoms with Crippen molar-refractivity contribution in [2.24, 2.45) is 0 Å². The van der Waals surface area contributed by atoms with E-state index in [1.54, 1.807) is 11.1 Å². The van der Waals surface area contributed by atoms with Gasteiger partial charge in [0.15, 0.2) is 5.82 Å². The maximum absolute atomic E-state index is 4.50. The molecule has 0 amide bonds. The highest BCUT2D eigenvalue weighted by atomic mass is 15.3. The van der Waals surface area contributed by atoms with Gasteiger partial charge in [-0.15, -0.1) is 10.2 Å². The fraction of sp³-hybridized carbons (Fsp3) is 0.364. The zero-order chi connectivity index (χ0) is 17.6. The van der Waals surface area contributed by atoms with Gasteiger partial charge in [0.25, 0.3) is 0 Å². The summed E-state index contributed by atoms with van der Waals surface area (Å²) < 4.78 is 0. The van der Waals surface area contributed by atoms with E-state index >= 15 is 0 Å². The number of nitrogens with zero attached hydrogens (tertiary/aromatic N) is 3. The highest BCUT2D eigenvalue weighted by Crippen LogP contribution is 2.46. The monoisotopic (exact) mass is 344 g/mol. The second kappa shape index (κ2) is 5.97. The lowest BCUT2D eigenvalue weighted by molar-refractivity contribution is 0.329. The molecule has 1 aliphatic carbocycles. The van der Waals surface area contributed by atoms with Crippen LogP contribution in [-0.4, -0.2) is 28.3 Å². The molecule has 1 spiro atoms. The van der Waals surface area contributed by atoms with Crippen molar-refractivity contribution >= 4 is 5.82 Å². The Morgan fingerprint density at radius 3 is 2.50 bits per heavy atom. The van der Waals surface area contributed by atoms with Crippen LogP contribution in [0.2, 0.25) is 0 Å². The molecule has 0 radical (unpaired) electrons. The third-order valence-electron chi connectivity index (χ3n) is 6.26. The molecule has 1 aliphatic heterocycles. The summed E-state index contributed by atoms with van der Waals surface area (Å²) >= 11 is 0. The lowest BCUT2D eigenvalue weighted by Gasteiger charge is -2.40. The Morgan fingerprint density at radius 1 is 0.923 bits per heavy atom. The Balaban J connectivity index is 1.32. The molecule has 4 heteroatoms. The van der Waals surface area contributed by atoms with E-state index in [2.05, 4.69) is 75.5 Å². The number of hydrogen-bond acceptors (Lipinski definition) is 3. The molecule has 5 rings (SSSR count). The van der Waals surface area contributed by atoms with Gasteiger partial charge < -0.3 is 9.88 Å². The third-order valence-corrected chi connectivity index (χ3v) is 6.26. The molecule has 132 valence electrons. The quantitative estimate of drug-likeness (QED) is 0.755. The van der Waals surface area contributed by atoms with Gasteiger partial charge in [-0.1, -0.05) is 24.3 Å². The molecule has 2 aliphatic rings. The van der Waals surface area contributed by atoms with Gasteiger partial charge in [-0.05, 0) is 73.4 Å². The smallest absolute Gasteiger partial charge is 0.151 e. The lowest BCUT2D eigenvalue weighted by atomic mass is 9.74. The Bertz CT molecular complexity index is 917. The summed E-state index contributed by atoms with van der Waals surface area (Å²) in [6.07, 6.45) is 4.96. The molecular formula is C22H24N4. The van der Waals surface area contributed by atoms with E-state index in [9.17, 15) is 0 Å². The van der Waals surface area contributed by atoms with Crippen LogP contribution in [0.4, 0.5) is 5.82 Å². The number of rotatable bonds is 2. The van der Waals surface area contributed by atoms with Crippen LogP contribution in [0.1, 0.15) is 36.1 Å². The topological polar surface area (TPSA) is 44.8 Å². The van der Waals surface area contributed by atoms with Crippen LogP contribution in [0.3, 0.4) is 0 Å². The molecule has 1 aromatic carbocycles. The maximum Gasteiger partial charge on any atom is 0.151 e. The number of aromatic nitrogens is 3. The average molecular weight is 344 g/mol. The lowest BCUT2D eigenvalue weighted by Crippen LogP contribution is -2.42. The molecule has 0 atom stereocenters. The first-order chi connectivity index (χ1) is 12.7. The van der Waals surface area contributed by atoms with Crippen LogP contribution in [0.15, 0.2) is 48.5 Å². The fourth-order valence-corrected chi connectivity index (χ4v) is 4.74. The normalized spacial score (nSPS) is 18.3. The van der Waals surface area contributed by atoms with Crippen molar-refractivity contribution in [3.05, 3.63) is 65.4 Å². The summed E-state index contributed by atoms with van der Waals surface area (Å²) in [5.41, 5.74) is 6.63. The summed E-state index contributed by atoms with van der Waals surface area (Å²) in [4.78, 5) is 5.71. The zero-order valence-corrected chi connectivity index (χ0v) is 15.2. The van der Waals surface area contributed by atoms with Gasteiger partial charge >= 0.3 is 0 Å². The standard InChI is InChI=1S/C22H24N4/c1-16-6-7-19(23-16)20-8-9-21(25-24-20)26-14-12-22(13-15-26)11-10-17-4-2-3-5-18(17)22/h2-9,23H,10-15H2,1H3. The van der Waals surface area contributed by atoms with E-state index in [1.807, 2.05) is 0 Å². The molecule has 1 fully saturated rings. The molecule has 26 heavy (non-hydrogen) atoms. The van der Waals surface area contributed by atoms with E-state index in [4.69, 9.17) is 0 Å². The first-order valence-electron chi connectivity index (χ1n) is 9.57. The minimum atomic E-state index is 0.391. The minimum absolute atomic E-state index is 0.391. The van der Waals surface area contributed by atoms with Crippen molar-refractivity contribution < 1.29 is 0 Å². The highest BCUT2D eigenvalue weighted by Gasteiger charge is 2.41. The minimum Gasteiger partial charge on any atom is -0.357 e. The van der Waals surface area contributed by atoms with E-state index in [0.29, 0.717) is 5.41 Å². The molecule has 2 aromatic heterocycles. The number of piperidine rings is 1. The predicted octanol–water partition coefficient (Wildman–Crippen LogP) is 4.26. The number of hydrogen-bond donors (Lipinski definition) is 1. The van der Waals surface area contributed by atoms with Crippen LogP contribution in [-0.2, 0) is 11.8 Å². The van der Waals surface area contributed by atoms with Crippen LogP contribution in [0.5, 0.6) is 0 Å². The summed E-state index contributed by atoms with van der Waals surface area (Å²) in [6.45, 7) is 4.17. The number of H-pyrrole nitrogens is 1. The summed E-state index contributed by atoms with van der Waals surface area (Å²) in [5.74, 6) is 0.998. The van der Waals surface area contributed by atoms with Gasteiger partial charge in [0.2, 0.25) is 0 Å². The Morgan fingerprint density at radius 2 is 1.77 bits per heavy atom. The summed E-state index contributed by atoms with van der Waals surface area (Å²) in [6, 6.07) is 17.3. The maximum atomic E-state index is 4.50. The van der Waals surface area contributed by atoms with E-state index in [-0.39, 0.29) is 0 Å². The average Bonchev–Trinajstić information content (AvgIpc) is 3.28. The molecule has 4 nitrogen and oxygen atoms in total. The van der Waals surface area contributed by atoms with Gasteiger partial charge in [-0.3, -0.25) is 0 Å². The number of fused-ring (bicyclic) bond motifs is 2. The van der Waals surface area contributed by atoms with Gasteiger partial charge in [0.05, 0.1) is 5.69 Å². The van der Waals surface area contributed by atoms with E-state index in [1.165, 1.54) is 25.7 Å². The van der Waals surface area contributed by atoms with Gasteiger partial charge in [-0.25, -0.2) is 0 Å². The largest absolute Gasteiger partial charge is 0.357 e. The molecule has 0 bridgehead atoms. The van der Waals surface area contributed by atoms with Crippen molar-refractivity contribution in [1.82, 2.24) is 15.2 Å². The van der Waals surface area contributed by atoms with E-state index < -0.39 is 0 Å². The van der Waals surface area contributed by atoms with Crippen molar-refractivity contribution in [2.75, 3.05) is 18.0 Å². The van der Waals surface area contributed by atoms with Crippen molar-refractivity contribution in [3.8, 4) is 11.4 Å². The molecule has 3 heterocycles. The van der Waals surface area contributed by atoms with Crippen molar-refractivity contribution in [1.29, 1.82) is 0 Å². The first-order valence-corrected chi connectivity index (χ1v) is 9.57. The summed E-state index contributed by atoms with van der Waals surface area (Å²) in [7, 11) is 0. The fourth-order valence-electron chi connectivity index (χ4n) is 4.74. The van der Waals surface area contributed by atoms with Crippen LogP contribution in [0, 0.1) is 6.92 Å². The number of aromatic amines is 1. The van der Waals surface area contributed by atoms with Crippen LogP contribution in [0.25, 0.3) is 11.4 Å². The van der Waals surface area contributed by atoms with E-state index in [0.717, 1.165) is 36.0 Å². The first kappa shape index (κ1) is 15.6. The second-order valence-electron chi connectivity index (χ2n) is 7.76. The Labute approximate surface area is 154 Å². The van der Waals surface area contributed by atoms with Gasteiger partial charge in [0.1, 0.15) is 5.69 Å². The molecule has 3 aromatic rings. The SMILES string of the molecule is Cc1ccc(-c2ccc(N3CCC4(CCc5ccccc54)CC3)nn2)[nH]1. The molecule has 1 N–H and O–H groups in total. The van der Waals surface area contributed by atoms with Crippen LogP contribution < -0.4 is 4.90 Å². The Kier molecular flexibility index (Phi) is 3.59. The highest BCUT2D eigenvalue weighted by molar-refractivity contribution is 5.56. The predicted molar refractivity (Wildman–Crippen MR) is 104 cm³/mol. The molecular weight excluding hydrogens is 320 g/mol. The second-order valence-corrected chi connectivity index (χ2v) is 7.76. The van der Waals surface area contributed by atoms with Crippen molar-refractivity contribution in [2.45, 2.75) is 38.0 Å². The number of aryl methyl sites for hydroxylation is 2. The summed E-state index contributed by atoms with van der Waals surface area (Å²) in [5, 5.41) is 8.94. The molecule has 0 saturated carbocycles.